The highest BCUT2D eigenvalue weighted by Gasteiger charge is 2.16. The van der Waals surface area contributed by atoms with Crippen LogP contribution >= 0.6 is 0 Å². The fraction of sp³-hybridized carbons (Fsp3) is 0.600. The molecule has 0 amide bonds. The van der Waals surface area contributed by atoms with E-state index in [0.717, 1.165) is 5.56 Å². The van der Waals surface area contributed by atoms with Crippen LogP contribution in [0.4, 0.5) is 0 Å². The predicted octanol–water partition coefficient (Wildman–Crippen LogP) is 1.93. The van der Waals surface area contributed by atoms with Gasteiger partial charge in [-0.05, 0) is 38.1 Å². The third kappa shape index (κ3) is 5.65. The molecule has 21 heavy (non-hydrogen) atoms. The lowest BCUT2D eigenvalue weighted by molar-refractivity contribution is 0.199. The third-order valence-electron chi connectivity index (χ3n) is 3.42. The number of hydrogen-bond donors (Lipinski definition) is 1. The molecule has 1 aromatic rings. The Bertz CT molecular complexity index is 543. The lowest BCUT2D eigenvalue weighted by Crippen LogP contribution is -2.14. The van der Waals surface area contributed by atoms with Crippen molar-refractivity contribution in [1.29, 1.82) is 0 Å². The van der Waals surface area contributed by atoms with Crippen LogP contribution in [0.25, 0.3) is 0 Å². The normalized spacial score (nSPS) is 13.1. The average Bonchev–Trinajstić information content (AvgIpc) is 2.46. The lowest BCUT2D eigenvalue weighted by Gasteiger charge is -2.15. The minimum atomic E-state index is -3.17. The molecule has 0 saturated carbocycles. The first kappa shape index (κ1) is 17.9. The molecule has 0 aromatic heterocycles. The smallest absolute Gasteiger partial charge is 0.154 e. The molecule has 1 N–H and O–H groups in total. The molecule has 0 bridgehead atoms. The highest BCUT2D eigenvalue weighted by atomic mass is 32.2. The van der Waals surface area contributed by atoms with Gasteiger partial charge in [0.2, 0.25) is 0 Å². The fourth-order valence-corrected chi connectivity index (χ4v) is 3.48. The van der Waals surface area contributed by atoms with Crippen LogP contribution in [0, 0.1) is 0 Å². The largest absolute Gasteiger partial charge is 0.496 e. The molecule has 5 nitrogen and oxygen atoms in total. The Morgan fingerprint density at radius 2 is 2.00 bits per heavy atom. The predicted molar refractivity (Wildman–Crippen MR) is 84.5 cm³/mol. The summed E-state index contributed by atoms with van der Waals surface area (Å²) in [7, 11) is 1.82. The number of methoxy groups -OCH3 is 2. The first-order valence-corrected chi connectivity index (χ1v) is 8.79. The fourth-order valence-electron chi connectivity index (χ4n) is 2.08. The molecule has 0 aliphatic rings. The molecular weight excluding hydrogens is 290 g/mol. The molecule has 0 saturated heterocycles. The zero-order chi connectivity index (χ0) is 15.9. The lowest BCUT2D eigenvalue weighted by atomic mass is 10.1. The summed E-state index contributed by atoms with van der Waals surface area (Å²) in [4.78, 5) is 0. The molecule has 0 aliphatic heterocycles. The number of ether oxygens (including phenoxy) is 2. The van der Waals surface area contributed by atoms with Crippen molar-refractivity contribution in [1.82, 2.24) is 5.32 Å². The van der Waals surface area contributed by atoms with Crippen molar-refractivity contribution >= 4 is 9.84 Å². The molecule has 0 fully saturated rings. The molecule has 0 spiro atoms. The van der Waals surface area contributed by atoms with Crippen molar-refractivity contribution in [2.75, 3.05) is 33.6 Å². The van der Waals surface area contributed by atoms with Gasteiger partial charge in [0.15, 0.2) is 9.84 Å². The highest BCUT2D eigenvalue weighted by Crippen LogP contribution is 2.25. The monoisotopic (exact) mass is 315 g/mol. The van der Waals surface area contributed by atoms with Crippen LogP contribution in [0.2, 0.25) is 0 Å². The number of benzene rings is 1. The molecule has 1 unspecified atom stereocenters. The number of sulfone groups is 1. The minimum absolute atomic E-state index is 0.00976. The third-order valence-corrected chi connectivity index (χ3v) is 5.08. The Kier molecular flexibility index (Phi) is 7.14. The molecule has 120 valence electrons. The highest BCUT2D eigenvalue weighted by molar-refractivity contribution is 7.90. The Hall–Kier alpha value is -1.11. The summed E-state index contributed by atoms with van der Waals surface area (Å²) in [6.45, 7) is 2.48. The summed E-state index contributed by atoms with van der Waals surface area (Å²) in [6, 6.07) is 5.82. The quantitative estimate of drug-likeness (QED) is 0.705. The van der Waals surface area contributed by atoms with Crippen LogP contribution < -0.4 is 10.1 Å². The van der Waals surface area contributed by atoms with Gasteiger partial charge in [0, 0.05) is 25.3 Å². The van der Waals surface area contributed by atoms with Gasteiger partial charge in [0.25, 0.3) is 0 Å². The van der Waals surface area contributed by atoms with Gasteiger partial charge in [0.05, 0.1) is 18.6 Å². The average molecular weight is 315 g/mol. The maximum Gasteiger partial charge on any atom is 0.154 e. The van der Waals surface area contributed by atoms with Gasteiger partial charge in [-0.3, -0.25) is 0 Å². The minimum Gasteiger partial charge on any atom is -0.496 e. The second kappa shape index (κ2) is 8.36. The maximum absolute atomic E-state index is 12.2. The standard InChI is InChI=1S/C15H25NO4S/c1-12(16-2)13-6-7-15(20-4)14(10-13)11-21(17,18)9-5-8-19-3/h6-7,10,12,16H,5,8-9,11H2,1-4H3. The Labute approximate surface area is 127 Å². The van der Waals surface area contributed by atoms with E-state index in [2.05, 4.69) is 5.32 Å². The van der Waals surface area contributed by atoms with Crippen LogP contribution in [0.15, 0.2) is 18.2 Å². The molecule has 0 radical (unpaired) electrons. The first-order valence-electron chi connectivity index (χ1n) is 6.97. The zero-order valence-corrected chi connectivity index (χ0v) is 14.0. The van der Waals surface area contributed by atoms with Crippen molar-refractivity contribution in [3.63, 3.8) is 0 Å². The van der Waals surface area contributed by atoms with Crippen molar-refractivity contribution in [3.05, 3.63) is 29.3 Å². The van der Waals surface area contributed by atoms with E-state index in [4.69, 9.17) is 9.47 Å². The van der Waals surface area contributed by atoms with Crippen molar-refractivity contribution < 1.29 is 17.9 Å². The summed E-state index contributed by atoms with van der Waals surface area (Å²) >= 11 is 0. The summed E-state index contributed by atoms with van der Waals surface area (Å²) in [6.07, 6.45) is 0.508. The molecule has 1 atom stereocenters. The molecule has 1 aromatic carbocycles. The van der Waals surface area contributed by atoms with Crippen molar-refractivity contribution in [2.45, 2.75) is 25.1 Å². The number of hydrogen-bond acceptors (Lipinski definition) is 5. The van der Waals surface area contributed by atoms with E-state index in [1.807, 2.05) is 32.2 Å². The molecule has 0 heterocycles. The van der Waals surface area contributed by atoms with E-state index in [9.17, 15) is 8.42 Å². The summed E-state index contributed by atoms with van der Waals surface area (Å²) < 4.78 is 34.5. The summed E-state index contributed by atoms with van der Waals surface area (Å²) in [5, 5.41) is 3.14. The molecule has 0 aliphatic carbocycles. The Balaban J connectivity index is 2.94. The number of rotatable bonds is 9. The van der Waals surface area contributed by atoms with E-state index in [-0.39, 0.29) is 17.5 Å². The zero-order valence-electron chi connectivity index (χ0n) is 13.2. The van der Waals surface area contributed by atoms with Crippen molar-refractivity contribution in [3.8, 4) is 5.75 Å². The van der Waals surface area contributed by atoms with Crippen LogP contribution in [0.3, 0.4) is 0 Å². The van der Waals surface area contributed by atoms with E-state index < -0.39 is 9.84 Å². The number of nitrogens with one attached hydrogen (secondary N) is 1. The topological polar surface area (TPSA) is 64.6 Å². The van der Waals surface area contributed by atoms with E-state index in [1.165, 1.54) is 0 Å². The van der Waals surface area contributed by atoms with Gasteiger partial charge in [-0.2, -0.15) is 0 Å². The van der Waals surface area contributed by atoms with Gasteiger partial charge >= 0.3 is 0 Å². The van der Waals surface area contributed by atoms with E-state index in [1.54, 1.807) is 14.2 Å². The van der Waals surface area contributed by atoms with E-state index >= 15 is 0 Å². The maximum atomic E-state index is 12.2. The van der Waals surface area contributed by atoms with Gasteiger partial charge in [-0.25, -0.2) is 8.42 Å². The van der Waals surface area contributed by atoms with Crippen LogP contribution in [0.1, 0.15) is 30.5 Å². The second-order valence-corrected chi connectivity index (χ2v) is 7.20. The van der Waals surface area contributed by atoms with Gasteiger partial charge in [-0.1, -0.05) is 6.07 Å². The second-order valence-electron chi connectivity index (χ2n) is 5.02. The Morgan fingerprint density at radius 3 is 2.57 bits per heavy atom. The SMILES string of the molecule is CNC(C)c1ccc(OC)c(CS(=O)(=O)CCCOC)c1. The Morgan fingerprint density at radius 1 is 1.29 bits per heavy atom. The van der Waals surface area contributed by atoms with Crippen molar-refractivity contribution in [2.24, 2.45) is 0 Å². The first-order chi connectivity index (χ1) is 9.93. The van der Waals surface area contributed by atoms with Gasteiger partial charge in [0.1, 0.15) is 5.75 Å². The van der Waals surface area contributed by atoms with Crippen LogP contribution in [0.5, 0.6) is 5.75 Å². The molecule has 1 rings (SSSR count). The van der Waals surface area contributed by atoms with Gasteiger partial charge < -0.3 is 14.8 Å². The molecule has 6 heteroatoms. The van der Waals surface area contributed by atoms with Gasteiger partial charge in [-0.15, -0.1) is 0 Å². The van der Waals surface area contributed by atoms with E-state index in [0.29, 0.717) is 24.3 Å². The summed E-state index contributed by atoms with van der Waals surface area (Å²) in [5.41, 5.74) is 1.75. The van der Waals surface area contributed by atoms with Crippen LogP contribution in [-0.2, 0) is 20.3 Å². The van der Waals surface area contributed by atoms with Crippen LogP contribution in [-0.4, -0.2) is 42.0 Å². The summed E-state index contributed by atoms with van der Waals surface area (Å²) in [5.74, 6) is 0.720. The molecular formula is C15H25NO4S.